The van der Waals surface area contributed by atoms with Crippen molar-refractivity contribution in [2.75, 3.05) is 19.6 Å². The number of esters is 1. The predicted octanol–water partition coefficient (Wildman–Crippen LogP) is 3.43. The third-order valence-corrected chi connectivity index (χ3v) is 5.12. The van der Waals surface area contributed by atoms with Crippen molar-refractivity contribution in [3.05, 3.63) is 71.6 Å². The van der Waals surface area contributed by atoms with E-state index in [-0.39, 0.29) is 23.5 Å². The second-order valence-electron chi connectivity index (χ2n) is 7.49. The van der Waals surface area contributed by atoms with Gasteiger partial charge in [-0.3, -0.25) is 14.4 Å². The molecule has 31 heavy (non-hydrogen) atoms. The number of halogens is 1. The topological polar surface area (TPSA) is 75.7 Å². The number of rotatable bonds is 6. The van der Waals surface area contributed by atoms with Crippen molar-refractivity contribution in [2.45, 2.75) is 19.8 Å². The second-order valence-corrected chi connectivity index (χ2v) is 7.49. The maximum Gasteiger partial charge on any atom is 0.308 e. The number of likely N-dealkylation sites (tertiary alicyclic amines) is 1. The number of piperidine rings is 1. The molecule has 6 nitrogen and oxygen atoms in total. The van der Waals surface area contributed by atoms with Gasteiger partial charge in [-0.25, -0.2) is 4.39 Å². The fourth-order valence-corrected chi connectivity index (χ4v) is 3.41. The summed E-state index contributed by atoms with van der Waals surface area (Å²) in [6, 6.07) is 12.4. The van der Waals surface area contributed by atoms with Gasteiger partial charge >= 0.3 is 5.97 Å². The highest BCUT2D eigenvalue weighted by Gasteiger charge is 2.22. The summed E-state index contributed by atoms with van der Waals surface area (Å²) in [4.78, 5) is 37.6. The highest BCUT2D eigenvalue weighted by Crippen LogP contribution is 2.18. The van der Waals surface area contributed by atoms with E-state index >= 15 is 0 Å². The lowest BCUT2D eigenvalue weighted by Crippen LogP contribution is -2.41. The zero-order valence-corrected chi connectivity index (χ0v) is 17.3. The van der Waals surface area contributed by atoms with E-state index in [0.717, 1.165) is 18.4 Å². The molecule has 162 valence electrons. The first-order valence-electron chi connectivity index (χ1n) is 10.2. The summed E-state index contributed by atoms with van der Waals surface area (Å²) in [5, 5.41) is 2.92. The molecular weight excluding hydrogens is 399 g/mol. The maximum atomic E-state index is 12.9. The van der Waals surface area contributed by atoms with E-state index in [1.807, 2.05) is 0 Å². The number of nitrogens with zero attached hydrogens (tertiary/aromatic N) is 1. The largest absolute Gasteiger partial charge is 0.427 e. The summed E-state index contributed by atoms with van der Waals surface area (Å²) in [6.07, 6.45) is 4.78. The van der Waals surface area contributed by atoms with Crippen molar-refractivity contribution in [1.29, 1.82) is 0 Å². The zero-order valence-electron chi connectivity index (χ0n) is 17.3. The van der Waals surface area contributed by atoms with Crippen LogP contribution < -0.4 is 10.1 Å². The first-order chi connectivity index (χ1) is 14.9. The van der Waals surface area contributed by atoms with Gasteiger partial charge in [0.25, 0.3) is 5.91 Å². The van der Waals surface area contributed by atoms with Gasteiger partial charge in [-0.2, -0.15) is 0 Å². The minimum Gasteiger partial charge on any atom is -0.427 e. The molecule has 0 unspecified atom stereocenters. The van der Waals surface area contributed by atoms with E-state index in [1.54, 1.807) is 41.3 Å². The van der Waals surface area contributed by atoms with Crippen molar-refractivity contribution >= 4 is 23.9 Å². The molecule has 0 saturated carbocycles. The molecule has 0 aliphatic carbocycles. The molecule has 7 heteroatoms. The van der Waals surface area contributed by atoms with Gasteiger partial charge in [0, 0.05) is 38.2 Å². The second kappa shape index (κ2) is 10.5. The van der Waals surface area contributed by atoms with Crippen LogP contribution in [-0.4, -0.2) is 42.3 Å². The molecule has 2 aromatic rings. The van der Waals surface area contributed by atoms with E-state index in [0.29, 0.717) is 30.9 Å². The van der Waals surface area contributed by atoms with Gasteiger partial charge in [0.1, 0.15) is 11.6 Å². The molecule has 1 fully saturated rings. The van der Waals surface area contributed by atoms with Crippen LogP contribution in [0.15, 0.2) is 54.6 Å². The van der Waals surface area contributed by atoms with Gasteiger partial charge in [-0.05, 0) is 60.7 Å². The Bertz CT molecular complexity index is 964. The summed E-state index contributed by atoms with van der Waals surface area (Å²) >= 11 is 0. The molecule has 0 bridgehead atoms. The Balaban J connectivity index is 1.43. The lowest BCUT2D eigenvalue weighted by Gasteiger charge is -2.31. The predicted molar refractivity (Wildman–Crippen MR) is 115 cm³/mol. The monoisotopic (exact) mass is 424 g/mol. The molecule has 1 saturated heterocycles. The summed E-state index contributed by atoms with van der Waals surface area (Å²) in [5.41, 5.74) is 1.20. The third-order valence-electron chi connectivity index (χ3n) is 5.12. The van der Waals surface area contributed by atoms with E-state index in [4.69, 9.17) is 4.74 Å². The average molecular weight is 424 g/mol. The van der Waals surface area contributed by atoms with Gasteiger partial charge in [-0.15, -0.1) is 0 Å². The van der Waals surface area contributed by atoms with Gasteiger partial charge in [0.05, 0.1) is 0 Å². The van der Waals surface area contributed by atoms with E-state index < -0.39 is 5.97 Å². The lowest BCUT2D eigenvalue weighted by molar-refractivity contribution is -0.132. The molecule has 1 aliphatic rings. The van der Waals surface area contributed by atoms with Crippen molar-refractivity contribution in [3.63, 3.8) is 0 Å². The first kappa shape index (κ1) is 22.2. The Labute approximate surface area is 180 Å². The van der Waals surface area contributed by atoms with Crippen LogP contribution in [0, 0.1) is 11.7 Å². The molecule has 1 aliphatic heterocycles. The molecule has 2 aromatic carbocycles. The molecular formula is C24H25FN2O4. The fourth-order valence-electron chi connectivity index (χ4n) is 3.41. The van der Waals surface area contributed by atoms with E-state index in [9.17, 15) is 18.8 Å². The van der Waals surface area contributed by atoms with Crippen molar-refractivity contribution in [2.24, 2.45) is 5.92 Å². The van der Waals surface area contributed by atoms with Crippen LogP contribution >= 0.6 is 0 Å². The summed E-state index contributed by atoms with van der Waals surface area (Å²) in [6.45, 7) is 3.07. The SMILES string of the molecule is CC(=O)Oc1cccc(C(=O)NCC2CCN(C(=O)/C=C/c3ccc(F)cc3)CC2)c1. The van der Waals surface area contributed by atoms with Crippen LogP contribution in [0.25, 0.3) is 6.08 Å². The Morgan fingerprint density at radius 3 is 2.52 bits per heavy atom. The van der Waals surface area contributed by atoms with Crippen LogP contribution in [0.5, 0.6) is 5.75 Å². The molecule has 1 heterocycles. The van der Waals surface area contributed by atoms with Crippen molar-refractivity contribution in [3.8, 4) is 5.75 Å². The summed E-state index contributed by atoms with van der Waals surface area (Å²) in [5.74, 6) is -0.434. The lowest BCUT2D eigenvalue weighted by atomic mass is 9.96. The standard InChI is InChI=1S/C24H25FN2O4/c1-17(28)31-22-4-2-3-20(15-22)24(30)26-16-19-11-13-27(14-12-19)23(29)10-7-18-5-8-21(25)9-6-18/h2-10,15,19H,11-14,16H2,1H3,(H,26,30)/b10-7+. The Morgan fingerprint density at radius 2 is 1.84 bits per heavy atom. The average Bonchev–Trinajstić information content (AvgIpc) is 2.77. The summed E-state index contributed by atoms with van der Waals surface area (Å²) in [7, 11) is 0. The quantitative estimate of drug-likeness (QED) is 0.438. The van der Waals surface area contributed by atoms with Crippen LogP contribution in [-0.2, 0) is 9.59 Å². The van der Waals surface area contributed by atoms with E-state index in [1.165, 1.54) is 31.2 Å². The van der Waals surface area contributed by atoms with Crippen LogP contribution in [0.3, 0.4) is 0 Å². The Morgan fingerprint density at radius 1 is 1.13 bits per heavy atom. The zero-order chi connectivity index (χ0) is 22.2. The number of amides is 2. The van der Waals surface area contributed by atoms with Gasteiger partial charge in [-0.1, -0.05) is 18.2 Å². The molecule has 3 rings (SSSR count). The number of hydrogen-bond acceptors (Lipinski definition) is 4. The maximum absolute atomic E-state index is 12.9. The molecule has 1 N–H and O–H groups in total. The van der Waals surface area contributed by atoms with Crippen LogP contribution in [0.2, 0.25) is 0 Å². The number of hydrogen-bond donors (Lipinski definition) is 1. The van der Waals surface area contributed by atoms with Crippen LogP contribution in [0.1, 0.15) is 35.7 Å². The smallest absolute Gasteiger partial charge is 0.308 e. The number of nitrogens with one attached hydrogen (secondary N) is 1. The fraction of sp³-hybridized carbons (Fsp3) is 0.292. The number of carbonyl (C=O) groups is 3. The normalized spacial score (nSPS) is 14.5. The Hall–Kier alpha value is -3.48. The number of benzene rings is 2. The molecule has 0 radical (unpaired) electrons. The molecule has 0 atom stereocenters. The highest BCUT2D eigenvalue weighted by molar-refractivity contribution is 5.94. The minimum atomic E-state index is -0.439. The first-order valence-corrected chi connectivity index (χ1v) is 10.2. The van der Waals surface area contributed by atoms with Crippen LogP contribution in [0.4, 0.5) is 4.39 Å². The Kier molecular flexibility index (Phi) is 7.54. The van der Waals surface area contributed by atoms with Crippen molar-refractivity contribution < 1.29 is 23.5 Å². The summed E-state index contributed by atoms with van der Waals surface area (Å²) < 4.78 is 18.0. The van der Waals surface area contributed by atoms with Gasteiger partial charge in [0.2, 0.25) is 5.91 Å². The molecule has 0 aromatic heterocycles. The third kappa shape index (κ3) is 6.77. The highest BCUT2D eigenvalue weighted by atomic mass is 19.1. The van der Waals surface area contributed by atoms with E-state index in [2.05, 4.69) is 5.32 Å². The number of carbonyl (C=O) groups excluding carboxylic acids is 3. The van der Waals surface area contributed by atoms with Crippen molar-refractivity contribution in [1.82, 2.24) is 10.2 Å². The minimum absolute atomic E-state index is 0.0749. The molecule has 2 amide bonds. The van der Waals surface area contributed by atoms with Gasteiger partial charge < -0.3 is 15.0 Å². The molecule has 0 spiro atoms. The van der Waals surface area contributed by atoms with Gasteiger partial charge in [0.15, 0.2) is 0 Å². The number of ether oxygens (including phenoxy) is 1.